The monoisotopic (exact) mass is 298 g/mol. The van der Waals surface area contributed by atoms with Gasteiger partial charge in [0, 0.05) is 19.6 Å². The maximum atomic E-state index is 12.7. The highest BCUT2D eigenvalue weighted by Crippen LogP contribution is 2.28. The number of hydrogen-bond donors (Lipinski definition) is 1. The molecule has 0 unspecified atom stereocenters. The van der Waals surface area contributed by atoms with Gasteiger partial charge in [-0.15, -0.1) is 0 Å². The molecule has 0 saturated heterocycles. The zero-order valence-corrected chi connectivity index (χ0v) is 13.0. The number of benzene rings is 1. The number of likely N-dealkylation sites (N-methyl/N-ethyl adjacent to an activating group) is 1. The van der Waals surface area contributed by atoms with Gasteiger partial charge in [-0.05, 0) is 24.6 Å². The van der Waals surface area contributed by atoms with Gasteiger partial charge in [-0.1, -0.05) is 25.1 Å². The molecular formula is C14H22N2O3S. The van der Waals surface area contributed by atoms with E-state index >= 15 is 0 Å². The highest BCUT2D eigenvalue weighted by Gasteiger charge is 2.26. The summed E-state index contributed by atoms with van der Waals surface area (Å²) in [6.07, 6.45) is 0. The summed E-state index contributed by atoms with van der Waals surface area (Å²) in [5, 5.41) is 0. The molecule has 6 heteroatoms. The molecule has 0 aliphatic carbocycles. The molecule has 1 rings (SSSR count). The molecule has 0 heterocycles. The molecule has 2 N–H and O–H groups in total. The molecule has 0 atom stereocenters. The average molecular weight is 298 g/mol. The third kappa shape index (κ3) is 3.59. The molecule has 20 heavy (non-hydrogen) atoms. The number of rotatable bonds is 7. The maximum Gasteiger partial charge on any atom is 0.247 e. The van der Waals surface area contributed by atoms with E-state index in [2.05, 4.69) is 6.58 Å². The lowest BCUT2D eigenvalue weighted by atomic mass is 10.2. The second-order valence-electron chi connectivity index (χ2n) is 4.58. The van der Waals surface area contributed by atoms with Crippen molar-refractivity contribution in [3.63, 3.8) is 0 Å². The Morgan fingerprint density at radius 1 is 1.45 bits per heavy atom. The van der Waals surface area contributed by atoms with Crippen LogP contribution in [0, 0.1) is 0 Å². The number of methoxy groups -OCH3 is 1. The fourth-order valence-electron chi connectivity index (χ4n) is 1.86. The first-order valence-corrected chi connectivity index (χ1v) is 7.82. The van der Waals surface area contributed by atoms with E-state index in [4.69, 9.17) is 10.5 Å². The molecule has 0 bridgehead atoms. The first kappa shape index (κ1) is 16.7. The third-order valence-electron chi connectivity index (χ3n) is 2.88. The van der Waals surface area contributed by atoms with Gasteiger partial charge >= 0.3 is 0 Å². The zero-order chi connectivity index (χ0) is 15.3. The van der Waals surface area contributed by atoms with Crippen LogP contribution in [0.2, 0.25) is 0 Å². The Balaban J connectivity index is 3.29. The van der Waals surface area contributed by atoms with Gasteiger partial charge in [0.05, 0.1) is 7.11 Å². The highest BCUT2D eigenvalue weighted by molar-refractivity contribution is 7.89. The van der Waals surface area contributed by atoms with Crippen molar-refractivity contribution in [2.45, 2.75) is 25.3 Å². The van der Waals surface area contributed by atoms with Crippen molar-refractivity contribution < 1.29 is 13.2 Å². The normalized spacial score (nSPS) is 11.7. The SMILES string of the molecule is C=C(C)CN(CC)S(=O)(=O)c1ccc(CN)cc1OC. The van der Waals surface area contributed by atoms with Crippen molar-refractivity contribution in [1.82, 2.24) is 4.31 Å². The Bertz CT molecular complexity index is 582. The standard InChI is InChI=1S/C14H22N2O3S/c1-5-16(10-11(2)3)20(17,18)14-7-6-12(9-15)8-13(14)19-4/h6-8H,2,5,9-10,15H2,1,3-4H3. The van der Waals surface area contributed by atoms with Crippen LogP contribution in [0.1, 0.15) is 19.4 Å². The van der Waals surface area contributed by atoms with E-state index in [1.165, 1.54) is 17.5 Å². The van der Waals surface area contributed by atoms with Gasteiger partial charge in [-0.3, -0.25) is 0 Å². The summed E-state index contributed by atoms with van der Waals surface area (Å²) in [6.45, 7) is 8.36. The summed E-state index contributed by atoms with van der Waals surface area (Å²) in [6, 6.07) is 4.89. The molecule has 5 nitrogen and oxygen atoms in total. The van der Waals surface area contributed by atoms with Crippen LogP contribution < -0.4 is 10.5 Å². The van der Waals surface area contributed by atoms with Gasteiger partial charge in [0.15, 0.2) is 0 Å². The van der Waals surface area contributed by atoms with Gasteiger partial charge in [-0.25, -0.2) is 8.42 Å². The predicted molar refractivity (Wildman–Crippen MR) is 80.1 cm³/mol. The number of sulfonamides is 1. The lowest BCUT2D eigenvalue weighted by Crippen LogP contribution is -2.32. The van der Waals surface area contributed by atoms with Crippen molar-refractivity contribution in [2.75, 3.05) is 20.2 Å². The lowest BCUT2D eigenvalue weighted by Gasteiger charge is -2.22. The van der Waals surface area contributed by atoms with Crippen LogP contribution in [-0.2, 0) is 16.6 Å². The van der Waals surface area contributed by atoms with E-state index in [0.717, 1.165) is 11.1 Å². The fourth-order valence-corrected chi connectivity index (χ4v) is 3.50. The molecule has 0 aromatic heterocycles. The Kier molecular flexibility index (Phi) is 5.74. The zero-order valence-electron chi connectivity index (χ0n) is 12.2. The minimum Gasteiger partial charge on any atom is -0.495 e. The first-order valence-electron chi connectivity index (χ1n) is 6.38. The van der Waals surface area contributed by atoms with Crippen molar-refractivity contribution in [2.24, 2.45) is 5.73 Å². The second-order valence-corrected chi connectivity index (χ2v) is 6.48. The van der Waals surface area contributed by atoms with Crippen molar-refractivity contribution >= 4 is 10.0 Å². The van der Waals surface area contributed by atoms with E-state index in [1.54, 1.807) is 26.0 Å². The molecule has 112 valence electrons. The molecule has 0 aliphatic heterocycles. The van der Waals surface area contributed by atoms with E-state index in [9.17, 15) is 8.42 Å². The van der Waals surface area contributed by atoms with Gasteiger partial charge in [-0.2, -0.15) is 4.31 Å². The van der Waals surface area contributed by atoms with Crippen LogP contribution >= 0.6 is 0 Å². The minimum absolute atomic E-state index is 0.153. The lowest BCUT2D eigenvalue weighted by molar-refractivity contribution is 0.396. The summed E-state index contributed by atoms with van der Waals surface area (Å²) in [5.74, 6) is 0.313. The first-order chi connectivity index (χ1) is 9.36. The highest BCUT2D eigenvalue weighted by atomic mass is 32.2. The van der Waals surface area contributed by atoms with Gasteiger partial charge in [0.25, 0.3) is 0 Å². The molecule has 1 aromatic carbocycles. The van der Waals surface area contributed by atoms with Crippen molar-refractivity contribution in [3.8, 4) is 5.75 Å². The van der Waals surface area contributed by atoms with Gasteiger partial charge in [0.2, 0.25) is 10.0 Å². The topological polar surface area (TPSA) is 72.6 Å². The molecule has 0 radical (unpaired) electrons. The summed E-state index contributed by atoms with van der Waals surface area (Å²) in [5.41, 5.74) is 7.17. The predicted octanol–water partition coefficient (Wildman–Crippen LogP) is 1.74. The van der Waals surface area contributed by atoms with Crippen molar-refractivity contribution in [3.05, 3.63) is 35.9 Å². The number of nitrogens with two attached hydrogens (primary N) is 1. The van der Waals surface area contributed by atoms with E-state index in [1.807, 2.05) is 0 Å². The van der Waals surface area contributed by atoms with E-state index < -0.39 is 10.0 Å². The summed E-state index contributed by atoms with van der Waals surface area (Å²) >= 11 is 0. The van der Waals surface area contributed by atoms with E-state index in [0.29, 0.717) is 25.4 Å². The number of ether oxygens (including phenoxy) is 1. The van der Waals surface area contributed by atoms with Crippen LogP contribution in [0.5, 0.6) is 5.75 Å². The van der Waals surface area contributed by atoms with Crippen LogP contribution in [0.25, 0.3) is 0 Å². The number of hydrogen-bond acceptors (Lipinski definition) is 4. The molecule has 0 spiro atoms. The number of nitrogens with zero attached hydrogens (tertiary/aromatic N) is 1. The second kappa shape index (κ2) is 6.88. The summed E-state index contributed by atoms with van der Waals surface area (Å²) in [4.78, 5) is 0.153. The van der Waals surface area contributed by atoms with Crippen LogP contribution in [0.4, 0.5) is 0 Å². The van der Waals surface area contributed by atoms with Crippen LogP contribution in [-0.4, -0.2) is 32.9 Å². The molecule has 1 aromatic rings. The quantitative estimate of drug-likeness (QED) is 0.778. The molecule has 0 fully saturated rings. The van der Waals surface area contributed by atoms with Gasteiger partial charge < -0.3 is 10.5 Å². The minimum atomic E-state index is -3.61. The van der Waals surface area contributed by atoms with Crippen LogP contribution in [0.3, 0.4) is 0 Å². The largest absolute Gasteiger partial charge is 0.495 e. The summed E-state index contributed by atoms with van der Waals surface area (Å²) in [7, 11) is -2.16. The Hall–Kier alpha value is -1.37. The molecule has 0 aliphatic rings. The molecule has 0 saturated carbocycles. The maximum absolute atomic E-state index is 12.7. The van der Waals surface area contributed by atoms with Gasteiger partial charge in [0.1, 0.15) is 10.6 Å². The average Bonchev–Trinajstić information content (AvgIpc) is 2.43. The third-order valence-corrected chi connectivity index (χ3v) is 4.84. The van der Waals surface area contributed by atoms with E-state index in [-0.39, 0.29) is 4.90 Å². The summed E-state index contributed by atoms with van der Waals surface area (Å²) < 4.78 is 31.9. The Morgan fingerprint density at radius 3 is 2.55 bits per heavy atom. The van der Waals surface area contributed by atoms with Crippen molar-refractivity contribution in [1.29, 1.82) is 0 Å². The smallest absolute Gasteiger partial charge is 0.247 e. The van der Waals surface area contributed by atoms with Crippen LogP contribution in [0.15, 0.2) is 35.2 Å². The Morgan fingerprint density at radius 2 is 2.10 bits per heavy atom. The Labute approximate surface area is 121 Å². The molecule has 0 amide bonds. The fraction of sp³-hybridized carbons (Fsp3) is 0.429. The molecular weight excluding hydrogens is 276 g/mol.